The maximum absolute atomic E-state index is 13.0. The van der Waals surface area contributed by atoms with Gasteiger partial charge in [-0.25, -0.2) is 9.97 Å². The monoisotopic (exact) mass is 479 g/mol. The van der Waals surface area contributed by atoms with Crippen molar-refractivity contribution in [2.45, 2.75) is 31.6 Å². The predicted octanol–water partition coefficient (Wildman–Crippen LogP) is 5.31. The van der Waals surface area contributed by atoms with Crippen LogP contribution in [0, 0.1) is 13.8 Å². The van der Waals surface area contributed by atoms with Gasteiger partial charge in [0.1, 0.15) is 10.8 Å². The van der Waals surface area contributed by atoms with Gasteiger partial charge >= 0.3 is 0 Å². The SMILES string of the molecule is CC(=O)Nc1ccc(-c2csc(NC(=O)c3cccnc3SCc3c(C)noc3C)n2)cc1. The summed E-state index contributed by atoms with van der Waals surface area (Å²) < 4.78 is 5.21. The van der Waals surface area contributed by atoms with Gasteiger partial charge in [-0.05, 0) is 38.1 Å². The number of carbonyl (C=O) groups is 2. The number of thioether (sulfide) groups is 1. The summed E-state index contributed by atoms with van der Waals surface area (Å²) in [5.74, 6) is 0.976. The fourth-order valence-electron chi connectivity index (χ4n) is 3.08. The second-order valence-electron chi connectivity index (χ2n) is 7.20. The molecule has 1 aromatic carbocycles. The summed E-state index contributed by atoms with van der Waals surface area (Å²) in [6.45, 7) is 5.23. The van der Waals surface area contributed by atoms with Gasteiger partial charge in [-0.1, -0.05) is 17.3 Å². The molecule has 0 unspecified atom stereocenters. The number of thiazole rings is 1. The van der Waals surface area contributed by atoms with E-state index in [4.69, 9.17) is 4.52 Å². The third-order valence-corrected chi connectivity index (χ3v) is 6.57. The molecule has 0 bridgehead atoms. The highest BCUT2D eigenvalue weighted by atomic mass is 32.2. The molecule has 33 heavy (non-hydrogen) atoms. The van der Waals surface area contributed by atoms with Gasteiger partial charge in [0.25, 0.3) is 5.91 Å². The van der Waals surface area contributed by atoms with E-state index in [2.05, 4.69) is 25.8 Å². The number of carbonyl (C=O) groups excluding carboxylic acids is 2. The van der Waals surface area contributed by atoms with Gasteiger partial charge in [0, 0.05) is 41.1 Å². The van der Waals surface area contributed by atoms with Crippen LogP contribution in [-0.2, 0) is 10.5 Å². The van der Waals surface area contributed by atoms with Crippen molar-refractivity contribution in [1.82, 2.24) is 15.1 Å². The van der Waals surface area contributed by atoms with Crippen LogP contribution in [0.3, 0.4) is 0 Å². The van der Waals surface area contributed by atoms with E-state index in [1.54, 1.807) is 18.3 Å². The smallest absolute Gasteiger partial charge is 0.260 e. The lowest BCUT2D eigenvalue weighted by Gasteiger charge is -2.07. The Morgan fingerprint density at radius 3 is 2.61 bits per heavy atom. The summed E-state index contributed by atoms with van der Waals surface area (Å²) >= 11 is 2.80. The van der Waals surface area contributed by atoms with Crippen molar-refractivity contribution >= 4 is 45.7 Å². The Kier molecular flexibility index (Phi) is 6.85. The van der Waals surface area contributed by atoms with E-state index in [0.29, 0.717) is 27.2 Å². The summed E-state index contributed by atoms with van der Waals surface area (Å²) in [7, 11) is 0. The van der Waals surface area contributed by atoms with Crippen molar-refractivity contribution < 1.29 is 14.1 Å². The van der Waals surface area contributed by atoms with Gasteiger partial charge in [0.05, 0.1) is 17.0 Å². The third kappa shape index (κ3) is 5.47. The van der Waals surface area contributed by atoms with Crippen molar-refractivity contribution in [3.63, 3.8) is 0 Å². The van der Waals surface area contributed by atoms with Crippen LogP contribution >= 0.6 is 23.1 Å². The lowest BCUT2D eigenvalue weighted by atomic mass is 10.1. The Labute approximate surface area is 198 Å². The summed E-state index contributed by atoms with van der Waals surface area (Å²) in [5.41, 5.74) is 4.66. The lowest BCUT2D eigenvalue weighted by Crippen LogP contribution is -2.13. The molecule has 2 N–H and O–H groups in total. The minimum absolute atomic E-state index is 0.124. The molecule has 2 amide bonds. The van der Waals surface area contributed by atoms with E-state index >= 15 is 0 Å². The molecule has 0 aliphatic heterocycles. The molecule has 0 spiro atoms. The first kappa shape index (κ1) is 22.7. The van der Waals surface area contributed by atoms with E-state index in [0.717, 1.165) is 28.3 Å². The highest BCUT2D eigenvalue weighted by Gasteiger charge is 2.17. The number of aromatic nitrogens is 3. The maximum atomic E-state index is 13.0. The first-order valence-corrected chi connectivity index (χ1v) is 11.9. The summed E-state index contributed by atoms with van der Waals surface area (Å²) in [4.78, 5) is 33.0. The molecule has 168 valence electrons. The number of nitrogens with zero attached hydrogens (tertiary/aromatic N) is 3. The lowest BCUT2D eigenvalue weighted by molar-refractivity contribution is -0.114. The molecular weight excluding hydrogens is 458 g/mol. The number of amides is 2. The third-order valence-electron chi connectivity index (χ3n) is 4.78. The number of rotatable bonds is 7. The Morgan fingerprint density at radius 2 is 1.91 bits per heavy atom. The van der Waals surface area contributed by atoms with Crippen LogP contribution in [0.15, 0.2) is 57.5 Å². The van der Waals surface area contributed by atoms with Gasteiger partial charge in [-0.3, -0.25) is 14.9 Å². The van der Waals surface area contributed by atoms with Gasteiger partial charge < -0.3 is 9.84 Å². The Morgan fingerprint density at radius 1 is 1.12 bits per heavy atom. The van der Waals surface area contributed by atoms with Gasteiger partial charge in [0.15, 0.2) is 5.13 Å². The minimum Gasteiger partial charge on any atom is -0.361 e. The molecule has 0 aliphatic carbocycles. The molecule has 0 radical (unpaired) electrons. The van der Waals surface area contributed by atoms with E-state index in [1.165, 1.54) is 30.0 Å². The molecule has 4 rings (SSSR count). The van der Waals surface area contributed by atoms with Crippen molar-refractivity contribution in [3.8, 4) is 11.3 Å². The van der Waals surface area contributed by atoms with Gasteiger partial charge in [0.2, 0.25) is 5.91 Å². The molecule has 0 fully saturated rings. The molecule has 0 atom stereocenters. The highest BCUT2D eigenvalue weighted by Crippen LogP contribution is 2.29. The number of nitrogens with one attached hydrogen (secondary N) is 2. The standard InChI is InChI=1S/C23H21N5O3S2/c1-13-19(14(2)31-28-13)11-32-22-18(5-4-10-24-22)21(30)27-23-26-20(12-33-23)16-6-8-17(9-7-16)25-15(3)29/h4-10,12H,11H2,1-3H3,(H,25,29)(H,26,27,30). The summed E-state index contributed by atoms with van der Waals surface area (Å²) in [6.07, 6.45) is 1.67. The number of pyridine rings is 1. The Balaban J connectivity index is 1.45. The van der Waals surface area contributed by atoms with Gasteiger partial charge in [-0.15, -0.1) is 23.1 Å². The predicted molar refractivity (Wildman–Crippen MR) is 130 cm³/mol. The van der Waals surface area contributed by atoms with Crippen LogP contribution in [0.25, 0.3) is 11.3 Å². The summed E-state index contributed by atoms with van der Waals surface area (Å²) in [5, 5.41) is 12.6. The molecule has 3 heterocycles. The first-order chi connectivity index (χ1) is 15.9. The molecule has 10 heteroatoms. The number of anilines is 2. The van der Waals surface area contributed by atoms with Crippen LogP contribution in [0.5, 0.6) is 0 Å². The van der Waals surface area contributed by atoms with Crippen LogP contribution in [0.4, 0.5) is 10.8 Å². The van der Waals surface area contributed by atoms with Crippen molar-refractivity contribution in [3.05, 3.63) is 70.6 Å². The average Bonchev–Trinajstić information content (AvgIpc) is 3.39. The quantitative estimate of drug-likeness (QED) is 0.346. The number of hydrogen-bond acceptors (Lipinski definition) is 8. The second-order valence-corrected chi connectivity index (χ2v) is 9.02. The number of hydrogen-bond donors (Lipinski definition) is 2. The largest absolute Gasteiger partial charge is 0.361 e. The molecule has 0 aliphatic rings. The topological polar surface area (TPSA) is 110 Å². The van der Waals surface area contributed by atoms with Gasteiger partial charge in [-0.2, -0.15) is 0 Å². The molecule has 0 saturated carbocycles. The fourth-order valence-corrected chi connectivity index (χ4v) is 4.94. The molecule has 0 saturated heterocycles. The zero-order valence-corrected chi connectivity index (χ0v) is 19.8. The molecule has 8 nitrogen and oxygen atoms in total. The molecular formula is C23H21N5O3S2. The first-order valence-electron chi connectivity index (χ1n) is 10.0. The van der Waals surface area contributed by atoms with Crippen LogP contribution < -0.4 is 10.6 Å². The van der Waals surface area contributed by atoms with E-state index in [1.807, 2.05) is 43.5 Å². The van der Waals surface area contributed by atoms with E-state index in [-0.39, 0.29) is 11.8 Å². The number of benzene rings is 1. The minimum atomic E-state index is -0.272. The van der Waals surface area contributed by atoms with E-state index < -0.39 is 0 Å². The highest BCUT2D eigenvalue weighted by molar-refractivity contribution is 7.98. The Hall–Kier alpha value is -3.50. The normalized spacial score (nSPS) is 10.8. The molecule has 4 aromatic rings. The maximum Gasteiger partial charge on any atom is 0.260 e. The average molecular weight is 480 g/mol. The van der Waals surface area contributed by atoms with Crippen molar-refractivity contribution in [2.75, 3.05) is 10.6 Å². The molecule has 3 aromatic heterocycles. The van der Waals surface area contributed by atoms with Crippen LogP contribution in [0.1, 0.15) is 34.3 Å². The Bertz CT molecular complexity index is 1280. The second kappa shape index (κ2) is 9.97. The van der Waals surface area contributed by atoms with Crippen molar-refractivity contribution in [1.29, 1.82) is 0 Å². The van der Waals surface area contributed by atoms with Crippen LogP contribution in [0.2, 0.25) is 0 Å². The van der Waals surface area contributed by atoms with Crippen LogP contribution in [-0.4, -0.2) is 26.9 Å². The summed E-state index contributed by atoms with van der Waals surface area (Å²) in [6, 6.07) is 10.8. The van der Waals surface area contributed by atoms with E-state index in [9.17, 15) is 9.59 Å². The zero-order chi connectivity index (χ0) is 23.4. The number of aryl methyl sites for hydroxylation is 2. The fraction of sp³-hybridized carbons (Fsp3) is 0.174. The zero-order valence-electron chi connectivity index (χ0n) is 18.2. The van der Waals surface area contributed by atoms with Crippen molar-refractivity contribution in [2.24, 2.45) is 0 Å².